The molecule has 3 heterocycles. The molecular weight excluding hydrogens is 520 g/mol. The van der Waals surface area contributed by atoms with Gasteiger partial charge in [-0.25, -0.2) is 14.8 Å². The number of carbonyl (C=O) groups is 3. The van der Waals surface area contributed by atoms with E-state index in [0.717, 1.165) is 23.4 Å². The van der Waals surface area contributed by atoms with Gasteiger partial charge in [0.05, 0.1) is 54.1 Å². The fourth-order valence-corrected chi connectivity index (χ4v) is 4.55. The first-order valence-corrected chi connectivity index (χ1v) is 13.0. The fourth-order valence-electron chi connectivity index (χ4n) is 3.75. The van der Waals surface area contributed by atoms with Crippen LogP contribution >= 0.6 is 11.3 Å². The van der Waals surface area contributed by atoms with Crippen LogP contribution in [0.3, 0.4) is 0 Å². The van der Waals surface area contributed by atoms with Crippen molar-refractivity contribution in [1.29, 1.82) is 0 Å². The second kappa shape index (κ2) is 12.3. The molecule has 4 rings (SSSR count). The van der Waals surface area contributed by atoms with Gasteiger partial charge >= 0.3 is 5.97 Å². The van der Waals surface area contributed by atoms with E-state index in [1.807, 2.05) is 18.4 Å². The molecule has 0 aliphatic carbocycles. The van der Waals surface area contributed by atoms with Crippen molar-refractivity contribution in [1.82, 2.24) is 19.5 Å². The van der Waals surface area contributed by atoms with Crippen LogP contribution in [0.25, 0.3) is 21.8 Å². The molecule has 0 atom stereocenters. The Morgan fingerprint density at radius 2 is 1.85 bits per heavy atom. The summed E-state index contributed by atoms with van der Waals surface area (Å²) < 4.78 is 11.6. The Hall–Kier alpha value is -4.58. The molecule has 0 aliphatic rings. The number of esters is 1. The van der Waals surface area contributed by atoms with Gasteiger partial charge in [-0.15, -0.1) is 11.3 Å². The molecule has 39 heavy (non-hydrogen) atoms. The molecule has 0 spiro atoms. The van der Waals surface area contributed by atoms with Crippen LogP contribution in [-0.2, 0) is 16.6 Å². The van der Waals surface area contributed by atoms with Crippen molar-refractivity contribution in [2.45, 2.75) is 26.2 Å². The van der Waals surface area contributed by atoms with Crippen LogP contribution in [-0.4, -0.2) is 51.5 Å². The third kappa shape index (κ3) is 6.47. The highest BCUT2D eigenvalue weighted by atomic mass is 32.1. The predicted octanol–water partition coefficient (Wildman–Crippen LogP) is 4.78. The van der Waals surface area contributed by atoms with E-state index in [1.165, 1.54) is 36.3 Å². The summed E-state index contributed by atoms with van der Waals surface area (Å²) in [5, 5.41) is 7.46. The lowest BCUT2D eigenvalue weighted by Crippen LogP contribution is -2.14. The van der Waals surface area contributed by atoms with Crippen molar-refractivity contribution >= 4 is 40.6 Å². The normalized spacial score (nSPS) is 10.7. The average molecular weight is 549 g/mol. The summed E-state index contributed by atoms with van der Waals surface area (Å²) in [5.41, 5.74) is 2.95. The minimum atomic E-state index is -0.612. The minimum Gasteiger partial charge on any atom is -0.496 e. The van der Waals surface area contributed by atoms with E-state index in [4.69, 9.17) is 14.5 Å². The molecule has 0 radical (unpaired) electrons. The smallest absolute Gasteiger partial charge is 0.374 e. The maximum atomic E-state index is 13.0. The van der Waals surface area contributed by atoms with E-state index < -0.39 is 11.9 Å². The summed E-state index contributed by atoms with van der Waals surface area (Å²) in [7, 11) is 4.35. The van der Waals surface area contributed by atoms with Crippen molar-refractivity contribution in [3.8, 4) is 27.6 Å². The summed E-state index contributed by atoms with van der Waals surface area (Å²) in [4.78, 5) is 50.9. The number of benzene rings is 1. The standard InChI is InChI=1S/C27H28N6O5S/c1-5-6-7-24(34)29-17-11-22(39-15-17)20-13-28-12-19(30-20)16-8-9-18(21(10-16)37-3)26(35)32-23-14-33(2)25(31-23)27(36)38-4/h8-15H,5-7H2,1-4H3,(H,29,34)(H,32,35). The van der Waals surface area contributed by atoms with E-state index in [0.29, 0.717) is 29.1 Å². The molecule has 3 aromatic heterocycles. The van der Waals surface area contributed by atoms with Crippen LogP contribution in [0.4, 0.5) is 11.5 Å². The Bertz CT molecular complexity index is 1510. The van der Waals surface area contributed by atoms with Crippen molar-refractivity contribution in [3.05, 3.63) is 59.6 Å². The molecule has 2 amide bonds. The minimum absolute atomic E-state index is 0.00999. The van der Waals surface area contributed by atoms with Crippen molar-refractivity contribution < 1.29 is 23.9 Å². The maximum Gasteiger partial charge on any atom is 0.374 e. The number of methoxy groups -OCH3 is 2. The molecule has 1 aromatic carbocycles. The van der Waals surface area contributed by atoms with Crippen LogP contribution < -0.4 is 15.4 Å². The Kier molecular flexibility index (Phi) is 8.67. The number of carbonyl (C=O) groups excluding carboxylic acids is 3. The highest BCUT2D eigenvalue weighted by molar-refractivity contribution is 7.14. The first kappa shape index (κ1) is 27.5. The Morgan fingerprint density at radius 3 is 2.59 bits per heavy atom. The van der Waals surface area contributed by atoms with Gasteiger partial charge in [-0.05, 0) is 24.6 Å². The predicted molar refractivity (Wildman–Crippen MR) is 148 cm³/mol. The summed E-state index contributed by atoms with van der Waals surface area (Å²) in [6.07, 6.45) is 7.10. The number of rotatable bonds is 10. The van der Waals surface area contributed by atoms with Gasteiger partial charge < -0.3 is 24.7 Å². The molecule has 0 fully saturated rings. The number of imidazole rings is 1. The Morgan fingerprint density at radius 1 is 1.05 bits per heavy atom. The largest absolute Gasteiger partial charge is 0.496 e. The van der Waals surface area contributed by atoms with Gasteiger partial charge in [0, 0.05) is 30.6 Å². The maximum absolute atomic E-state index is 13.0. The van der Waals surface area contributed by atoms with E-state index in [1.54, 1.807) is 37.6 Å². The quantitative estimate of drug-likeness (QED) is 0.270. The SMILES string of the molecule is CCCCC(=O)Nc1csc(-c2cncc(-c3ccc(C(=O)Nc4cn(C)c(C(=O)OC)n4)c(OC)c3)n2)c1. The zero-order chi connectivity index (χ0) is 27.9. The number of hydrogen-bond acceptors (Lipinski definition) is 9. The Balaban J connectivity index is 1.52. The lowest BCUT2D eigenvalue weighted by Gasteiger charge is -2.10. The molecule has 4 aromatic rings. The lowest BCUT2D eigenvalue weighted by atomic mass is 10.1. The number of unbranched alkanes of at least 4 members (excludes halogenated alkanes) is 1. The van der Waals surface area contributed by atoms with Gasteiger partial charge in [-0.3, -0.25) is 14.6 Å². The summed E-state index contributed by atoms with van der Waals surface area (Å²) >= 11 is 1.46. The van der Waals surface area contributed by atoms with E-state index in [2.05, 4.69) is 20.6 Å². The molecule has 0 aliphatic heterocycles. The van der Waals surface area contributed by atoms with E-state index in [-0.39, 0.29) is 23.1 Å². The fraction of sp³-hybridized carbons (Fsp3) is 0.259. The molecule has 12 heteroatoms. The average Bonchev–Trinajstić information content (AvgIpc) is 3.57. The van der Waals surface area contributed by atoms with Gasteiger partial charge in [0.2, 0.25) is 11.7 Å². The molecule has 0 saturated carbocycles. The summed E-state index contributed by atoms with van der Waals surface area (Å²) in [5.74, 6) is -0.493. The molecule has 202 valence electrons. The summed E-state index contributed by atoms with van der Waals surface area (Å²) in [6.45, 7) is 2.05. The first-order valence-electron chi connectivity index (χ1n) is 12.1. The van der Waals surface area contributed by atoms with Crippen LogP contribution in [0.15, 0.2) is 48.2 Å². The number of hydrogen-bond donors (Lipinski definition) is 2. The lowest BCUT2D eigenvalue weighted by molar-refractivity contribution is -0.116. The zero-order valence-electron chi connectivity index (χ0n) is 22.0. The Labute approximate surface area is 229 Å². The number of aromatic nitrogens is 4. The number of aryl methyl sites for hydroxylation is 1. The van der Waals surface area contributed by atoms with Crippen molar-refractivity contribution in [3.63, 3.8) is 0 Å². The van der Waals surface area contributed by atoms with Crippen LogP contribution in [0.1, 0.15) is 47.2 Å². The van der Waals surface area contributed by atoms with Gasteiger partial charge in [0.1, 0.15) is 5.75 Å². The molecule has 11 nitrogen and oxygen atoms in total. The van der Waals surface area contributed by atoms with E-state index >= 15 is 0 Å². The van der Waals surface area contributed by atoms with Crippen LogP contribution in [0.5, 0.6) is 5.75 Å². The summed E-state index contributed by atoms with van der Waals surface area (Å²) in [6, 6.07) is 6.95. The third-order valence-electron chi connectivity index (χ3n) is 5.76. The van der Waals surface area contributed by atoms with Crippen molar-refractivity contribution in [2.24, 2.45) is 7.05 Å². The van der Waals surface area contributed by atoms with Gasteiger partial charge in [0.25, 0.3) is 5.91 Å². The zero-order valence-corrected chi connectivity index (χ0v) is 22.8. The number of amides is 2. The number of nitrogens with one attached hydrogen (secondary N) is 2. The second-order valence-corrected chi connectivity index (χ2v) is 9.47. The van der Waals surface area contributed by atoms with E-state index in [9.17, 15) is 14.4 Å². The number of anilines is 2. The highest BCUT2D eigenvalue weighted by Crippen LogP contribution is 2.31. The molecule has 2 N–H and O–H groups in total. The third-order valence-corrected chi connectivity index (χ3v) is 6.71. The highest BCUT2D eigenvalue weighted by Gasteiger charge is 2.19. The number of thiophene rings is 1. The second-order valence-electron chi connectivity index (χ2n) is 8.56. The number of nitrogens with zero attached hydrogens (tertiary/aromatic N) is 4. The number of ether oxygens (including phenoxy) is 2. The molecule has 0 saturated heterocycles. The van der Waals surface area contributed by atoms with Crippen LogP contribution in [0, 0.1) is 0 Å². The van der Waals surface area contributed by atoms with Gasteiger partial charge in [-0.2, -0.15) is 0 Å². The molecule has 0 bridgehead atoms. The molecular formula is C27H28N6O5S. The topological polar surface area (TPSA) is 137 Å². The van der Waals surface area contributed by atoms with Crippen molar-refractivity contribution in [2.75, 3.05) is 24.9 Å². The van der Waals surface area contributed by atoms with Gasteiger partial charge in [0.15, 0.2) is 5.82 Å². The monoisotopic (exact) mass is 548 g/mol. The van der Waals surface area contributed by atoms with Crippen LogP contribution in [0.2, 0.25) is 0 Å². The molecule has 0 unspecified atom stereocenters. The first-order chi connectivity index (χ1) is 18.8. The van der Waals surface area contributed by atoms with Gasteiger partial charge in [-0.1, -0.05) is 19.4 Å².